The second-order valence-corrected chi connectivity index (χ2v) is 7.35. The van der Waals surface area contributed by atoms with Crippen LogP contribution in [0, 0.1) is 5.82 Å². The Balaban J connectivity index is 2.51. The van der Waals surface area contributed by atoms with Crippen LogP contribution >= 0.6 is 15.9 Å². The fourth-order valence-corrected chi connectivity index (χ4v) is 4.91. The Morgan fingerprint density at radius 1 is 1.52 bits per heavy atom. The topological polar surface area (TPSA) is 92.5 Å². The Kier molecular flexibility index (Phi) is 4.54. The van der Waals surface area contributed by atoms with Gasteiger partial charge in [-0.05, 0) is 34.5 Å². The summed E-state index contributed by atoms with van der Waals surface area (Å²) in [4.78, 5) is 11.7. The lowest BCUT2D eigenvalue weighted by atomic mass is 10.2. The van der Waals surface area contributed by atoms with Crippen LogP contribution in [0.15, 0.2) is 21.5 Å². The quantitative estimate of drug-likeness (QED) is 0.768. The number of piperazine rings is 1. The van der Waals surface area contributed by atoms with Gasteiger partial charge < -0.3 is 11.1 Å². The van der Waals surface area contributed by atoms with Crippen molar-refractivity contribution in [2.45, 2.75) is 24.3 Å². The maximum atomic E-state index is 13.4. The number of carbonyl (C=O) groups excluding carboxylic acids is 1. The molecule has 6 nitrogen and oxygen atoms in total. The molecule has 1 heterocycles. The first-order valence-corrected chi connectivity index (χ1v) is 8.56. The molecule has 1 unspecified atom stereocenters. The van der Waals surface area contributed by atoms with Gasteiger partial charge in [-0.2, -0.15) is 4.31 Å². The summed E-state index contributed by atoms with van der Waals surface area (Å²) in [6.07, 6.45) is 0.347. The number of anilines is 1. The molecular weight excluding hydrogens is 365 g/mol. The summed E-state index contributed by atoms with van der Waals surface area (Å²) >= 11 is 3.04. The molecule has 9 heteroatoms. The molecule has 0 bridgehead atoms. The molecule has 0 spiro atoms. The minimum Gasteiger partial charge on any atom is -0.396 e. The first-order chi connectivity index (χ1) is 9.78. The molecule has 0 aromatic heterocycles. The SMILES string of the molecule is CCC1C(=O)NCCN1S(=O)(=O)c1cc(N)c(F)cc1Br. The van der Waals surface area contributed by atoms with Gasteiger partial charge in [0, 0.05) is 17.6 Å². The molecule has 2 rings (SSSR count). The molecule has 1 saturated heterocycles. The maximum Gasteiger partial charge on any atom is 0.245 e. The number of carbonyl (C=O) groups is 1. The zero-order valence-corrected chi connectivity index (χ0v) is 13.7. The number of nitrogens with zero attached hydrogens (tertiary/aromatic N) is 1. The lowest BCUT2D eigenvalue weighted by Crippen LogP contribution is -2.56. The van der Waals surface area contributed by atoms with Gasteiger partial charge in [-0.25, -0.2) is 12.8 Å². The van der Waals surface area contributed by atoms with Crippen LogP contribution in [0.5, 0.6) is 0 Å². The first-order valence-electron chi connectivity index (χ1n) is 6.33. The van der Waals surface area contributed by atoms with E-state index < -0.39 is 21.9 Å². The summed E-state index contributed by atoms with van der Waals surface area (Å²) < 4.78 is 40.0. The molecule has 0 radical (unpaired) electrons. The maximum absolute atomic E-state index is 13.4. The highest BCUT2D eigenvalue weighted by molar-refractivity contribution is 9.10. The molecule has 21 heavy (non-hydrogen) atoms. The van der Waals surface area contributed by atoms with Gasteiger partial charge in [0.1, 0.15) is 11.9 Å². The van der Waals surface area contributed by atoms with Gasteiger partial charge in [-0.15, -0.1) is 0 Å². The third-order valence-electron chi connectivity index (χ3n) is 3.31. The van der Waals surface area contributed by atoms with Crippen LogP contribution < -0.4 is 11.1 Å². The predicted octanol–water partition coefficient (Wildman–Crippen LogP) is 1.07. The van der Waals surface area contributed by atoms with E-state index in [0.29, 0.717) is 6.42 Å². The second-order valence-electron chi connectivity index (χ2n) is 4.63. The van der Waals surface area contributed by atoms with Crippen LogP contribution in [0.4, 0.5) is 10.1 Å². The van der Waals surface area contributed by atoms with E-state index in [4.69, 9.17) is 5.73 Å². The molecule has 1 amide bonds. The Morgan fingerprint density at radius 2 is 2.19 bits per heavy atom. The van der Waals surface area contributed by atoms with Crippen molar-refractivity contribution in [3.63, 3.8) is 0 Å². The monoisotopic (exact) mass is 379 g/mol. The minimum atomic E-state index is -3.95. The number of nitrogens with two attached hydrogens (primary N) is 1. The lowest BCUT2D eigenvalue weighted by Gasteiger charge is -2.33. The third kappa shape index (κ3) is 2.90. The summed E-state index contributed by atoms with van der Waals surface area (Å²) in [6.45, 7) is 2.13. The summed E-state index contributed by atoms with van der Waals surface area (Å²) in [5, 5.41) is 2.63. The van der Waals surface area contributed by atoms with Crippen LogP contribution in [0.25, 0.3) is 0 Å². The molecule has 1 aromatic rings. The van der Waals surface area contributed by atoms with Gasteiger partial charge in [0.25, 0.3) is 0 Å². The Hall–Kier alpha value is -1.19. The standard InChI is InChI=1S/C12H15BrFN3O3S/c1-2-10-12(18)16-3-4-17(10)21(19,20)11-6-9(15)8(14)5-7(11)13/h5-6,10H,2-4,15H2,1H3,(H,16,18). The number of amides is 1. The van der Waals surface area contributed by atoms with Crippen LogP contribution in [0.1, 0.15) is 13.3 Å². The van der Waals surface area contributed by atoms with Crippen molar-refractivity contribution in [1.29, 1.82) is 0 Å². The minimum absolute atomic E-state index is 0.0787. The van der Waals surface area contributed by atoms with Gasteiger partial charge in [-0.3, -0.25) is 4.79 Å². The van der Waals surface area contributed by atoms with E-state index >= 15 is 0 Å². The van der Waals surface area contributed by atoms with Crippen LogP contribution in [-0.4, -0.2) is 37.8 Å². The van der Waals surface area contributed by atoms with Crippen molar-refractivity contribution in [3.8, 4) is 0 Å². The van der Waals surface area contributed by atoms with E-state index in [9.17, 15) is 17.6 Å². The molecule has 0 aliphatic carbocycles. The number of nitrogen functional groups attached to an aromatic ring is 1. The summed E-state index contributed by atoms with van der Waals surface area (Å²) in [6, 6.07) is 1.29. The first kappa shape index (κ1) is 16.2. The number of sulfonamides is 1. The highest BCUT2D eigenvalue weighted by atomic mass is 79.9. The zero-order chi connectivity index (χ0) is 15.8. The van der Waals surface area contributed by atoms with E-state index in [2.05, 4.69) is 21.2 Å². The van der Waals surface area contributed by atoms with E-state index in [1.54, 1.807) is 6.92 Å². The fourth-order valence-electron chi connectivity index (χ4n) is 2.24. The Bertz CT molecular complexity index is 681. The van der Waals surface area contributed by atoms with Crippen molar-refractivity contribution < 1.29 is 17.6 Å². The molecule has 1 aromatic carbocycles. The molecule has 1 atom stereocenters. The smallest absolute Gasteiger partial charge is 0.245 e. The number of benzene rings is 1. The highest BCUT2D eigenvalue weighted by Crippen LogP contribution is 2.30. The fraction of sp³-hybridized carbons (Fsp3) is 0.417. The van der Waals surface area contributed by atoms with E-state index in [1.165, 1.54) is 0 Å². The summed E-state index contributed by atoms with van der Waals surface area (Å²) in [5.74, 6) is -1.04. The molecular formula is C12H15BrFN3O3S. The van der Waals surface area contributed by atoms with E-state index in [0.717, 1.165) is 16.4 Å². The normalized spacial score (nSPS) is 20.3. The largest absolute Gasteiger partial charge is 0.396 e. The highest BCUT2D eigenvalue weighted by Gasteiger charge is 2.38. The third-order valence-corrected chi connectivity index (χ3v) is 6.17. The molecule has 0 saturated carbocycles. The number of rotatable bonds is 3. The van der Waals surface area contributed by atoms with Crippen molar-refractivity contribution in [2.75, 3.05) is 18.8 Å². The van der Waals surface area contributed by atoms with Crippen LogP contribution in [0.2, 0.25) is 0 Å². The van der Waals surface area contributed by atoms with Gasteiger partial charge in [0.15, 0.2) is 0 Å². The van der Waals surface area contributed by atoms with E-state index in [-0.39, 0.29) is 34.1 Å². The van der Waals surface area contributed by atoms with Crippen LogP contribution in [-0.2, 0) is 14.8 Å². The molecule has 1 aliphatic heterocycles. The van der Waals surface area contributed by atoms with Gasteiger partial charge in [-0.1, -0.05) is 6.92 Å². The second kappa shape index (κ2) is 5.90. The Labute approximate surface area is 130 Å². The Morgan fingerprint density at radius 3 is 2.81 bits per heavy atom. The van der Waals surface area contributed by atoms with Crippen LogP contribution in [0.3, 0.4) is 0 Å². The number of hydrogen-bond donors (Lipinski definition) is 2. The molecule has 1 fully saturated rings. The molecule has 3 N–H and O–H groups in total. The van der Waals surface area contributed by atoms with Gasteiger partial charge >= 0.3 is 0 Å². The number of halogens is 2. The van der Waals surface area contributed by atoms with Crippen molar-refractivity contribution in [1.82, 2.24) is 9.62 Å². The van der Waals surface area contributed by atoms with E-state index in [1.807, 2.05) is 0 Å². The molecule has 1 aliphatic rings. The average molecular weight is 380 g/mol. The lowest BCUT2D eigenvalue weighted by molar-refractivity contribution is -0.126. The zero-order valence-electron chi connectivity index (χ0n) is 11.3. The summed E-state index contributed by atoms with van der Waals surface area (Å²) in [5.41, 5.74) is 5.19. The van der Waals surface area contributed by atoms with Gasteiger partial charge in [0.05, 0.1) is 10.6 Å². The number of nitrogens with one attached hydrogen (secondary N) is 1. The average Bonchev–Trinajstić information content (AvgIpc) is 2.42. The van der Waals surface area contributed by atoms with Crippen molar-refractivity contribution >= 4 is 37.5 Å². The van der Waals surface area contributed by atoms with Crippen molar-refractivity contribution in [3.05, 3.63) is 22.4 Å². The van der Waals surface area contributed by atoms with Gasteiger partial charge in [0.2, 0.25) is 15.9 Å². The van der Waals surface area contributed by atoms with Crippen molar-refractivity contribution in [2.24, 2.45) is 0 Å². The number of hydrogen-bond acceptors (Lipinski definition) is 4. The summed E-state index contributed by atoms with van der Waals surface area (Å²) in [7, 11) is -3.95. The molecule has 116 valence electrons. The predicted molar refractivity (Wildman–Crippen MR) is 79.5 cm³/mol.